The quantitative estimate of drug-likeness (QED) is 0.812. The van der Waals surface area contributed by atoms with Crippen LogP contribution in [0.3, 0.4) is 0 Å². The molecule has 0 amide bonds. The minimum atomic E-state index is -0.281. The molecule has 0 aliphatic carbocycles. The molecule has 3 rings (SSSR count). The second kappa shape index (κ2) is 5.60. The maximum atomic E-state index is 12.1. The summed E-state index contributed by atoms with van der Waals surface area (Å²) >= 11 is 0. The van der Waals surface area contributed by atoms with Gasteiger partial charge in [-0.25, -0.2) is 4.98 Å². The van der Waals surface area contributed by atoms with Crippen LogP contribution < -0.4 is 4.74 Å². The molecular formula is C16H17NO4. The maximum absolute atomic E-state index is 12.1. The van der Waals surface area contributed by atoms with E-state index in [0.717, 1.165) is 22.8 Å². The average molecular weight is 287 g/mol. The highest BCUT2D eigenvalue weighted by Gasteiger charge is 2.27. The van der Waals surface area contributed by atoms with Gasteiger partial charge in [-0.2, -0.15) is 0 Å². The lowest BCUT2D eigenvalue weighted by atomic mass is 9.97. The number of aryl methyl sites for hydroxylation is 2. The highest BCUT2D eigenvalue weighted by atomic mass is 16.5. The summed E-state index contributed by atoms with van der Waals surface area (Å²) in [4.78, 5) is 16.3. The summed E-state index contributed by atoms with van der Waals surface area (Å²) in [6.45, 7) is 4.10. The summed E-state index contributed by atoms with van der Waals surface area (Å²) in [6.07, 6.45) is 0.638. The van der Waals surface area contributed by atoms with Crippen molar-refractivity contribution in [3.05, 3.63) is 47.2 Å². The number of ether oxygens (including phenoxy) is 2. The van der Waals surface area contributed by atoms with E-state index in [0.29, 0.717) is 18.9 Å². The minimum absolute atomic E-state index is 0.0612. The van der Waals surface area contributed by atoms with Crippen molar-refractivity contribution < 1.29 is 18.7 Å². The molecule has 5 nitrogen and oxygen atoms in total. The van der Waals surface area contributed by atoms with Crippen LogP contribution in [0.25, 0.3) is 0 Å². The molecule has 0 bridgehead atoms. The molecule has 2 heterocycles. The smallest absolute Gasteiger partial charge is 0.313 e. The van der Waals surface area contributed by atoms with Crippen molar-refractivity contribution in [1.82, 2.24) is 4.98 Å². The second-order valence-corrected chi connectivity index (χ2v) is 5.18. The van der Waals surface area contributed by atoms with E-state index < -0.39 is 0 Å². The monoisotopic (exact) mass is 287 g/mol. The molecule has 0 radical (unpaired) electrons. The molecule has 5 heteroatoms. The van der Waals surface area contributed by atoms with Crippen molar-refractivity contribution in [3.63, 3.8) is 0 Å². The number of hydrogen-bond donors (Lipinski definition) is 0. The van der Waals surface area contributed by atoms with E-state index in [1.807, 2.05) is 38.1 Å². The van der Waals surface area contributed by atoms with Gasteiger partial charge in [0, 0.05) is 0 Å². The highest BCUT2D eigenvalue weighted by Crippen LogP contribution is 2.27. The van der Waals surface area contributed by atoms with E-state index in [1.165, 1.54) is 0 Å². The molecule has 2 aromatic rings. The summed E-state index contributed by atoms with van der Waals surface area (Å²) in [6, 6.07) is 7.74. The minimum Gasteiger partial charge on any atom is -0.492 e. The van der Waals surface area contributed by atoms with Crippen LogP contribution in [0, 0.1) is 19.8 Å². The lowest BCUT2D eigenvalue weighted by molar-refractivity contribution is -0.152. The molecule has 0 fully saturated rings. The lowest BCUT2D eigenvalue weighted by Gasteiger charge is -2.23. The third-order valence-electron chi connectivity index (χ3n) is 3.62. The number of benzene rings is 1. The topological polar surface area (TPSA) is 61.6 Å². The Bertz CT molecular complexity index is 643. The molecule has 110 valence electrons. The first-order valence-electron chi connectivity index (χ1n) is 6.93. The number of aromatic nitrogens is 1. The van der Waals surface area contributed by atoms with E-state index in [9.17, 15) is 4.79 Å². The second-order valence-electron chi connectivity index (χ2n) is 5.18. The van der Waals surface area contributed by atoms with Gasteiger partial charge in [-0.3, -0.25) is 4.79 Å². The van der Waals surface area contributed by atoms with Gasteiger partial charge in [-0.15, -0.1) is 0 Å². The molecule has 1 aromatic heterocycles. The number of para-hydroxylation sites is 1. The molecule has 1 atom stereocenters. The Kier molecular flexibility index (Phi) is 3.64. The van der Waals surface area contributed by atoms with Crippen molar-refractivity contribution >= 4 is 5.97 Å². The molecular weight excluding hydrogens is 270 g/mol. The molecule has 0 spiro atoms. The van der Waals surface area contributed by atoms with Crippen LogP contribution in [0.5, 0.6) is 5.75 Å². The third kappa shape index (κ3) is 2.91. The highest BCUT2D eigenvalue weighted by molar-refractivity contribution is 5.73. The Hall–Kier alpha value is -2.30. The summed E-state index contributed by atoms with van der Waals surface area (Å²) in [5, 5.41) is 0. The SMILES string of the molecule is Cc1nc(COC(=O)C2COc3ccccc3C2)oc1C. The standard InChI is InChI=1S/C16H17NO4/c1-10-11(2)21-15(17-10)9-20-16(18)13-7-12-5-3-4-6-14(12)19-8-13/h3-6,13H,7-9H2,1-2H3. The molecule has 1 aromatic carbocycles. The van der Waals surface area contributed by atoms with Gasteiger partial charge in [-0.1, -0.05) is 18.2 Å². The van der Waals surface area contributed by atoms with Gasteiger partial charge in [0.05, 0.1) is 11.6 Å². The molecule has 1 unspecified atom stereocenters. The van der Waals surface area contributed by atoms with Gasteiger partial charge in [0.1, 0.15) is 18.1 Å². The normalized spacial score (nSPS) is 17.0. The summed E-state index contributed by atoms with van der Waals surface area (Å²) in [5.74, 6) is 1.46. The largest absolute Gasteiger partial charge is 0.492 e. The molecule has 21 heavy (non-hydrogen) atoms. The van der Waals surface area contributed by atoms with E-state index in [4.69, 9.17) is 13.9 Å². The number of hydrogen-bond acceptors (Lipinski definition) is 5. The van der Waals surface area contributed by atoms with Crippen LogP contribution in [0.4, 0.5) is 0 Å². The molecule has 0 N–H and O–H groups in total. The van der Waals surface area contributed by atoms with Gasteiger partial charge >= 0.3 is 5.97 Å². The van der Waals surface area contributed by atoms with E-state index >= 15 is 0 Å². The van der Waals surface area contributed by atoms with Crippen molar-refractivity contribution in [1.29, 1.82) is 0 Å². The molecule has 0 saturated heterocycles. The lowest BCUT2D eigenvalue weighted by Crippen LogP contribution is -2.29. The van der Waals surface area contributed by atoms with Gasteiger partial charge < -0.3 is 13.9 Å². The number of oxazole rings is 1. The fourth-order valence-electron chi connectivity index (χ4n) is 2.33. The van der Waals surface area contributed by atoms with E-state index in [1.54, 1.807) is 0 Å². The first kappa shape index (κ1) is 13.7. The third-order valence-corrected chi connectivity index (χ3v) is 3.62. The van der Waals surface area contributed by atoms with Crippen LogP contribution in [0.15, 0.2) is 28.7 Å². The predicted molar refractivity (Wildman–Crippen MR) is 74.9 cm³/mol. The molecule has 1 aliphatic heterocycles. The zero-order valence-corrected chi connectivity index (χ0v) is 12.1. The Morgan fingerprint density at radius 3 is 2.95 bits per heavy atom. The Morgan fingerprint density at radius 2 is 2.19 bits per heavy atom. The van der Waals surface area contributed by atoms with E-state index in [2.05, 4.69) is 4.98 Å². The Labute approximate surface area is 122 Å². The first-order valence-corrected chi connectivity index (χ1v) is 6.93. The van der Waals surface area contributed by atoms with Crippen LogP contribution in [-0.2, 0) is 22.6 Å². The Morgan fingerprint density at radius 1 is 1.38 bits per heavy atom. The van der Waals surface area contributed by atoms with E-state index in [-0.39, 0.29) is 18.5 Å². The maximum Gasteiger partial charge on any atom is 0.313 e. The van der Waals surface area contributed by atoms with Crippen molar-refractivity contribution in [3.8, 4) is 5.75 Å². The number of carbonyl (C=O) groups excluding carboxylic acids is 1. The Balaban J connectivity index is 1.59. The van der Waals surface area contributed by atoms with Crippen LogP contribution in [0.1, 0.15) is 22.9 Å². The van der Waals surface area contributed by atoms with Crippen molar-refractivity contribution in [2.75, 3.05) is 6.61 Å². The van der Waals surface area contributed by atoms with Crippen LogP contribution in [-0.4, -0.2) is 17.6 Å². The number of rotatable bonds is 3. The van der Waals surface area contributed by atoms with Crippen molar-refractivity contribution in [2.24, 2.45) is 5.92 Å². The zero-order valence-electron chi connectivity index (χ0n) is 12.1. The van der Waals surface area contributed by atoms with Gasteiger partial charge in [0.25, 0.3) is 0 Å². The van der Waals surface area contributed by atoms with Crippen LogP contribution >= 0.6 is 0 Å². The molecule has 1 aliphatic rings. The number of carbonyl (C=O) groups is 1. The van der Waals surface area contributed by atoms with Gasteiger partial charge in [-0.05, 0) is 31.9 Å². The van der Waals surface area contributed by atoms with Crippen LogP contribution in [0.2, 0.25) is 0 Å². The number of fused-ring (bicyclic) bond motifs is 1. The average Bonchev–Trinajstić information content (AvgIpc) is 2.83. The summed E-state index contributed by atoms with van der Waals surface area (Å²) in [7, 11) is 0. The first-order chi connectivity index (χ1) is 10.1. The zero-order chi connectivity index (χ0) is 14.8. The van der Waals surface area contributed by atoms with Gasteiger partial charge in [0.2, 0.25) is 5.89 Å². The number of nitrogens with zero attached hydrogens (tertiary/aromatic N) is 1. The molecule has 0 saturated carbocycles. The fourth-order valence-corrected chi connectivity index (χ4v) is 2.33. The van der Waals surface area contributed by atoms with Gasteiger partial charge in [0.15, 0.2) is 6.61 Å². The summed E-state index contributed by atoms with van der Waals surface area (Å²) in [5.41, 5.74) is 1.85. The summed E-state index contributed by atoms with van der Waals surface area (Å²) < 4.78 is 16.3. The number of esters is 1. The van der Waals surface area contributed by atoms with Crippen molar-refractivity contribution in [2.45, 2.75) is 26.9 Å². The predicted octanol–water partition coefficient (Wildman–Crippen LogP) is 2.59. The fraction of sp³-hybridized carbons (Fsp3) is 0.375.